The van der Waals surface area contributed by atoms with E-state index >= 15 is 0 Å². The summed E-state index contributed by atoms with van der Waals surface area (Å²) in [5.74, 6) is -0.531. The Morgan fingerprint density at radius 3 is 2.00 bits per heavy atom. The first-order valence-electron chi connectivity index (χ1n) is 7.82. The maximum Gasteiger partial charge on any atom is 0.337 e. The molecule has 2 rings (SSSR count). The molecule has 0 spiro atoms. The number of ether oxygens (including phenoxy) is 1. The molecule has 0 atom stereocenters. The number of methoxy groups -OCH3 is 1. The average molecular weight is 340 g/mol. The smallest absolute Gasteiger partial charge is 0.337 e. The average Bonchev–Trinajstić information content (AvgIpc) is 2.62. The SMILES string of the molecule is COC(=O)c1ccc(NCCC(=O)Nc2ccc(C(C)=O)cc2)cc1. The molecule has 2 aromatic rings. The number of carbonyl (C=O) groups is 3. The molecule has 0 unspecified atom stereocenters. The zero-order valence-electron chi connectivity index (χ0n) is 14.2. The minimum Gasteiger partial charge on any atom is -0.465 e. The Morgan fingerprint density at radius 2 is 1.44 bits per heavy atom. The fourth-order valence-corrected chi connectivity index (χ4v) is 2.17. The highest BCUT2D eigenvalue weighted by Crippen LogP contribution is 2.12. The molecule has 0 aliphatic rings. The lowest BCUT2D eigenvalue weighted by Gasteiger charge is -2.08. The number of anilines is 2. The van der Waals surface area contributed by atoms with E-state index in [9.17, 15) is 14.4 Å². The Balaban J connectivity index is 1.78. The van der Waals surface area contributed by atoms with Crippen LogP contribution in [-0.4, -0.2) is 31.3 Å². The molecule has 1 amide bonds. The zero-order chi connectivity index (χ0) is 18.2. The third-order valence-electron chi connectivity index (χ3n) is 3.56. The number of amides is 1. The molecule has 2 N–H and O–H groups in total. The molecule has 6 nitrogen and oxygen atoms in total. The number of carbonyl (C=O) groups excluding carboxylic acids is 3. The van der Waals surface area contributed by atoms with Crippen molar-refractivity contribution in [3.8, 4) is 0 Å². The van der Waals surface area contributed by atoms with Gasteiger partial charge in [-0.2, -0.15) is 0 Å². The molecule has 0 aromatic heterocycles. The molecular formula is C19H20N2O4. The van der Waals surface area contributed by atoms with Crippen molar-refractivity contribution in [2.24, 2.45) is 0 Å². The zero-order valence-corrected chi connectivity index (χ0v) is 14.2. The van der Waals surface area contributed by atoms with E-state index in [4.69, 9.17) is 0 Å². The van der Waals surface area contributed by atoms with Crippen LogP contribution in [0, 0.1) is 0 Å². The van der Waals surface area contributed by atoms with Crippen molar-refractivity contribution < 1.29 is 19.1 Å². The van der Waals surface area contributed by atoms with Crippen molar-refractivity contribution in [3.63, 3.8) is 0 Å². The molecule has 0 radical (unpaired) electrons. The van der Waals surface area contributed by atoms with Gasteiger partial charge in [0.15, 0.2) is 5.78 Å². The van der Waals surface area contributed by atoms with Crippen molar-refractivity contribution in [3.05, 3.63) is 59.7 Å². The molecule has 0 saturated carbocycles. The quantitative estimate of drug-likeness (QED) is 0.597. The van der Waals surface area contributed by atoms with Gasteiger partial charge in [-0.1, -0.05) is 0 Å². The molecule has 6 heteroatoms. The number of ketones is 1. The van der Waals surface area contributed by atoms with Crippen LogP contribution in [0.1, 0.15) is 34.1 Å². The summed E-state index contributed by atoms with van der Waals surface area (Å²) in [6.45, 7) is 1.95. The molecule has 2 aromatic carbocycles. The lowest BCUT2D eigenvalue weighted by molar-refractivity contribution is -0.115. The van der Waals surface area contributed by atoms with E-state index in [1.54, 1.807) is 48.5 Å². The molecule has 0 saturated heterocycles. The molecule has 130 valence electrons. The Kier molecular flexibility index (Phi) is 6.28. The predicted molar refractivity (Wildman–Crippen MR) is 96.0 cm³/mol. The van der Waals surface area contributed by atoms with E-state index in [1.165, 1.54) is 14.0 Å². The van der Waals surface area contributed by atoms with Gasteiger partial charge >= 0.3 is 5.97 Å². The van der Waals surface area contributed by atoms with Gasteiger partial charge in [-0.15, -0.1) is 0 Å². The third-order valence-corrected chi connectivity index (χ3v) is 3.56. The van der Waals surface area contributed by atoms with Crippen molar-refractivity contribution in [1.29, 1.82) is 0 Å². The number of hydrogen-bond donors (Lipinski definition) is 2. The van der Waals surface area contributed by atoms with Gasteiger partial charge < -0.3 is 15.4 Å². The van der Waals surface area contributed by atoms with E-state index in [0.29, 0.717) is 23.4 Å². The van der Waals surface area contributed by atoms with E-state index < -0.39 is 0 Å². The highest BCUT2D eigenvalue weighted by Gasteiger charge is 2.06. The molecule has 0 fully saturated rings. The number of hydrogen-bond acceptors (Lipinski definition) is 5. The normalized spacial score (nSPS) is 10.0. The van der Waals surface area contributed by atoms with Crippen molar-refractivity contribution >= 4 is 29.0 Å². The Labute approximate surface area is 146 Å². The van der Waals surface area contributed by atoms with Crippen molar-refractivity contribution in [2.75, 3.05) is 24.3 Å². The van der Waals surface area contributed by atoms with Gasteiger partial charge in [0.25, 0.3) is 0 Å². The number of benzene rings is 2. The summed E-state index contributed by atoms with van der Waals surface area (Å²) in [4.78, 5) is 34.5. The van der Waals surface area contributed by atoms with E-state index in [2.05, 4.69) is 15.4 Å². The largest absolute Gasteiger partial charge is 0.465 e. The minimum atomic E-state index is -0.387. The second-order valence-corrected chi connectivity index (χ2v) is 5.43. The summed E-state index contributed by atoms with van der Waals surface area (Å²) >= 11 is 0. The molecule has 0 aliphatic heterocycles. The number of nitrogens with one attached hydrogen (secondary N) is 2. The Bertz CT molecular complexity index is 752. The number of Topliss-reactive ketones (excluding diaryl/α,β-unsaturated/α-hetero) is 1. The summed E-state index contributed by atoms with van der Waals surface area (Å²) < 4.78 is 4.63. The molecule has 0 heterocycles. The van der Waals surface area contributed by atoms with Gasteiger partial charge in [-0.3, -0.25) is 9.59 Å². The van der Waals surface area contributed by atoms with Crippen LogP contribution >= 0.6 is 0 Å². The summed E-state index contributed by atoms with van der Waals surface area (Å²) in [5, 5.41) is 5.89. The van der Waals surface area contributed by atoms with Gasteiger partial charge in [-0.05, 0) is 55.5 Å². The first-order valence-corrected chi connectivity index (χ1v) is 7.82. The molecular weight excluding hydrogens is 320 g/mol. The van der Waals surface area contributed by atoms with Crippen LogP contribution in [0.2, 0.25) is 0 Å². The molecule has 25 heavy (non-hydrogen) atoms. The standard InChI is InChI=1S/C19H20N2O4/c1-13(22)14-3-9-17(10-4-14)21-18(23)11-12-20-16-7-5-15(6-8-16)19(24)25-2/h3-10,20H,11-12H2,1-2H3,(H,21,23). The highest BCUT2D eigenvalue weighted by atomic mass is 16.5. The second-order valence-electron chi connectivity index (χ2n) is 5.43. The van der Waals surface area contributed by atoms with Crippen LogP contribution in [0.25, 0.3) is 0 Å². The fourth-order valence-electron chi connectivity index (χ4n) is 2.17. The first kappa shape index (κ1) is 18.2. The van der Waals surface area contributed by atoms with Crippen LogP contribution in [0.15, 0.2) is 48.5 Å². The monoisotopic (exact) mass is 340 g/mol. The summed E-state index contributed by atoms with van der Waals surface area (Å²) in [7, 11) is 1.33. The Hall–Kier alpha value is -3.15. The van der Waals surface area contributed by atoms with E-state index in [1.807, 2.05) is 0 Å². The van der Waals surface area contributed by atoms with Crippen LogP contribution in [0.3, 0.4) is 0 Å². The summed E-state index contributed by atoms with van der Waals surface area (Å²) in [5.41, 5.74) is 2.54. The number of rotatable bonds is 7. The third kappa shape index (κ3) is 5.46. The Morgan fingerprint density at radius 1 is 0.880 bits per heavy atom. The van der Waals surface area contributed by atoms with Gasteiger partial charge in [0, 0.05) is 29.9 Å². The van der Waals surface area contributed by atoms with Gasteiger partial charge in [0.2, 0.25) is 5.91 Å². The van der Waals surface area contributed by atoms with E-state index in [-0.39, 0.29) is 24.1 Å². The number of esters is 1. The predicted octanol–water partition coefficient (Wildman–Crippen LogP) is 3.12. The maximum absolute atomic E-state index is 11.9. The topological polar surface area (TPSA) is 84.5 Å². The van der Waals surface area contributed by atoms with Crippen LogP contribution in [0.4, 0.5) is 11.4 Å². The van der Waals surface area contributed by atoms with E-state index in [0.717, 1.165) is 5.69 Å². The van der Waals surface area contributed by atoms with Crippen molar-refractivity contribution in [2.45, 2.75) is 13.3 Å². The van der Waals surface area contributed by atoms with Gasteiger partial charge in [0.1, 0.15) is 0 Å². The van der Waals surface area contributed by atoms with Gasteiger partial charge in [0.05, 0.1) is 12.7 Å². The maximum atomic E-state index is 11.9. The molecule has 0 bridgehead atoms. The van der Waals surface area contributed by atoms with Crippen LogP contribution in [0.5, 0.6) is 0 Å². The summed E-state index contributed by atoms with van der Waals surface area (Å²) in [6.07, 6.45) is 0.285. The van der Waals surface area contributed by atoms with Crippen LogP contribution in [-0.2, 0) is 9.53 Å². The van der Waals surface area contributed by atoms with Crippen LogP contribution < -0.4 is 10.6 Å². The van der Waals surface area contributed by atoms with Crippen molar-refractivity contribution in [1.82, 2.24) is 0 Å². The lowest BCUT2D eigenvalue weighted by atomic mass is 10.1. The lowest BCUT2D eigenvalue weighted by Crippen LogP contribution is -2.16. The highest BCUT2D eigenvalue weighted by molar-refractivity contribution is 5.95. The summed E-state index contributed by atoms with van der Waals surface area (Å²) in [6, 6.07) is 13.6. The van der Waals surface area contributed by atoms with Gasteiger partial charge in [-0.25, -0.2) is 4.79 Å². The first-order chi connectivity index (χ1) is 12.0. The second kappa shape index (κ2) is 8.63. The fraction of sp³-hybridized carbons (Fsp3) is 0.211. The molecule has 0 aliphatic carbocycles. The minimum absolute atomic E-state index is 0.0136.